The molecule has 1 unspecified atom stereocenters. The number of H-pyrrole nitrogens is 1. The molecule has 2 rings (SSSR count). The van der Waals surface area contributed by atoms with Gasteiger partial charge in [-0.25, -0.2) is 0 Å². The maximum Gasteiger partial charge on any atom is 0.191 e. The minimum atomic E-state index is 0.0208. The second-order valence-corrected chi connectivity index (χ2v) is 4.74. The Kier molecular flexibility index (Phi) is 4.27. The van der Waals surface area contributed by atoms with Crippen molar-refractivity contribution in [1.82, 2.24) is 25.9 Å². The molecule has 2 N–H and O–H groups in total. The summed E-state index contributed by atoms with van der Waals surface area (Å²) in [6, 6.07) is 5.92. The number of aromatic nitrogens is 4. The number of ether oxygens (including phenoxy) is 1. The molecule has 6 nitrogen and oxygen atoms in total. The highest BCUT2D eigenvalue weighted by atomic mass is 79.9. The number of rotatable bonds is 5. The predicted molar refractivity (Wildman–Crippen MR) is 70.1 cm³/mol. The van der Waals surface area contributed by atoms with Gasteiger partial charge in [0.05, 0.1) is 13.2 Å². The number of nitrogens with one attached hydrogen (secondary N) is 2. The molecular formula is C11H14BrN5O. The predicted octanol–water partition coefficient (Wildman–Crippen LogP) is 1.82. The lowest BCUT2D eigenvalue weighted by molar-refractivity contribution is 0.405. The van der Waals surface area contributed by atoms with Crippen molar-refractivity contribution in [1.29, 1.82) is 0 Å². The molecule has 0 aliphatic carbocycles. The molecule has 0 bridgehead atoms. The maximum atomic E-state index is 5.31. The van der Waals surface area contributed by atoms with Crippen LogP contribution >= 0.6 is 15.9 Å². The Labute approximate surface area is 113 Å². The topological polar surface area (TPSA) is 75.7 Å². The van der Waals surface area contributed by atoms with E-state index in [2.05, 4.69) is 41.9 Å². The second kappa shape index (κ2) is 5.92. The quantitative estimate of drug-likeness (QED) is 0.881. The lowest BCUT2D eigenvalue weighted by Gasteiger charge is -2.13. The van der Waals surface area contributed by atoms with Crippen molar-refractivity contribution < 1.29 is 4.74 Å². The molecule has 7 heteroatoms. The normalized spacial score (nSPS) is 12.4. The first-order chi connectivity index (χ1) is 8.70. The van der Waals surface area contributed by atoms with Crippen molar-refractivity contribution in [2.45, 2.75) is 19.5 Å². The summed E-state index contributed by atoms with van der Waals surface area (Å²) in [7, 11) is 1.66. The summed E-state index contributed by atoms with van der Waals surface area (Å²) >= 11 is 3.45. The molecule has 0 amide bonds. The third-order valence-corrected chi connectivity index (χ3v) is 3.08. The van der Waals surface area contributed by atoms with Crippen LogP contribution in [0.3, 0.4) is 0 Å². The standard InChI is InChI=1S/C11H14BrN5O/c1-7(11-14-16-17-15-11)13-6-8-5-9(12)3-4-10(8)18-2/h3-5,7,13H,6H2,1-2H3,(H,14,15,16,17). The van der Waals surface area contributed by atoms with Gasteiger partial charge < -0.3 is 10.1 Å². The summed E-state index contributed by atoms with van der Waals surface area (Å²) in [5.41, 5.74) is 1.07. The third-order valence-electron chi connectivity index (χ3n) is 2.59. The largest absolute Gasteiger partial charge is 0.496 e. The number of benzene rings is 1. The molecular weight excluding hydrogens is 298 g/mol. The molecule has 1 heterocycles. The number of halogens is 1. The fourth-order valence-electron chi connectivity index (χ4n) is 1.59. The molecule has 1 aromatic carbocycles. The molecule has 0 spiro atoms. The van der Waals surface area contributed by atoms with Crippen LogP contribution in [0.4, 0.5) is 0 Å². The van der Waals surface area contributed by atoms with Gasteiger partial charge in [-0.2, -0.15) is 5.21 Å². The molecule has 18 heavy (non-hydrogen) atoms. The summed E-state index contributed by atoms with van der Waals surface area (Å²) in [6.07, 6.45) is 0. The summed E-state index contributed by atoms with van der Waals surface area (Å²) in [4.78, 5) is 0. The first-order valence-corrected chi connectivity index (χ1v) is 6.29. The number of tetrazole rings is 1. The third kappa shape index (κ3) is 3.05. The SMILES string of the molecule is COc1ccc(Br)cc1CNC(C)c1nn[nH]n1. The first kappa shape index (κ1) is 13.0. The van der Waals surface area contributed by atoms with Crippen LogP contribution in [0.15, 0.2) is 22.7 Å². The summed E-state index contributed by atoms with van der Waals surface area (Å²) in [6.45, 7) is 2.65. The zero-order chi connectivity index (χ0) is 13.0. The Balaban J connectivity index is 2.03. The number of hydrogen-bond acceptors (Lipinski definition) is 5. The highest BCUT2D eigenvalue weighted by Gasteiger charge is 2.11. The molecule has 0 aliphatic heterocycles. The fourth-order valence-corrected chi connectivity index (χ4v) is 2.00. The van der Waals surface area contributed by atoms with E-state index in [4.69, 9.17) is 4.74 Å². The van der Waals surface area contributed by atoms with Crippen LogP contribution in [-0.4, -0.2) is 27.7 Å². The molecule has 96 valence electrons. The van der Waals surface area contributed by atoms with Crippen molar-refractivity contribution in [2.75, 3.05) is 7.11 Å². The van der Waals surface area contributed by atoms with Gasteiger partial charge in [0.15, 0.2) is 5.82 Å². The highest BCUT2D eigenvalue weighted by molar-refractivity contribution is 9.10. The van der Waals surface area contributed by atoms with E-state index < -0.39 is 0 Å². The van der Waals surface area contributed by atoms with Gasteiger partial charge in [0.1, 0.15) is 5.75 Å². The maximum absolute atomic E-state index is 5.31. The van der Waals surface area contributed by atoms with Crippen LogP contribution in [0.5, 0.6) is 5.75 Å². The minimum Gasteiger partial charge on any atom is -0.496 e. The minimum absolute atomic E-state index is 0.0208. The van der Waals surface area contributed by atoms with Gasteiger partial charge in [0.25, 0.3) is 0 Å². The average Bonchev–Trinajstić information content (AvgIpc) is 2.90. The van der Waals surface area contributed by atoms with Crippen molar-refractivity contribution in [3.63, 3.8) is 0 Å². The van der Waals surface area contributed by atoms with Crippen molar-refractivity contribution in [2.24, 2.45) is 0 Å². The molecule has 0 aliphatic rings. The van der Waals surface area contributed by atoms with Gasteiger partial charge in [0, 0.05) is 16.6 Å². The molecule has 0 fully saturated rings. The van der Waals surface area contributed by atoms with E-state index >= 15 is 0 Å². The molecule has 2 aromatic rings. The van der Waals surface area contributed by atoms with E-state index in [0.29, 0.717) is 12.4 Å². The summed E-state index contributed by atoms with van der Waals surface area (Å²) < 4.78 is 6.33. The Morgan fingerprint density at radius 2 is 2.33 bits per heavy atom. The molecule has 0 saturated heterocycles. The Morgan fingerprint density at radius 3 is 3.00 bits per heavy atom. The lowest BCUT2D eigenvalue weighted by Crippen LogP contribution is -2.19. The molecule has 0 radical (unpaired) electrons. The monoisotopic (exact) mass is 311 g/mol. The summed E-state index contributed by atoms with van der Waals surface area (Å²) in [5, 5.41) is 17.2. The number of hydrogen-bond donors (Lipinski definition) is 2. The lowest BCUT2D eigenvalue weighted by atomic mass is 10.2. The van der Waals surface area contributed by atoms with E-state index in [1.54, 1.807) is 7.11 Å². The smallest absolute Gasteiger partial charge is 0.191 e. The van der Waals surface area contributed by atoms with Crippen molar-refractivity contribution in [3.8, 4) is 5.75 Å². The van der Waals surface area contributed by atoms with Crippen LogP contribution in [-0.2, 0) is 6.54 Å². The summed E-state index contributed by atoms with van der Waals surface area (Å²) in [5.74, 6) is 1.50. The molecule has 1 atom stereocenters. The Bertz CT molecular complexity index is 502. The van der Waals surface area contributed by atoms with Gasteiger partial charge in [-0.3, -0.25) is 0 Å². The first-order valence-electron chi connectivity index (χ1n) is 5.50. The Morgan fingerprint density at radius 1 is 1.50 bits per heavy atom. The average molecular weight is 312 g/mol. The van der Waals surface area contributed by atoms with Crippen LogP contribution in [0.25, 0.3) is 0 Å². The van der Waals surface area contributed by atoms with Gasteiger partial charge in [-0.05, 0) is 25.1 Å². The van der Waals surface area contributed by atoms with E-state index in [1.165, 1.54) is 0 Å². The van der Waals surface area contributed by atoms with Crippen LogP contribution in [0.2, 0.25) is 0 Å². The van der Waals surface area contributed by atoms with Crippen molar-refractivity contribution >= 4 is 15.9 Å². The molecule has 0 saturated carbocycles. The number of aromatic amines is 1. The highest BCUT2D eigenvalue weighted by Crippen LogP contribution is 2.23. The van der Waals surface area contributed by atoms with Gasteiger partial charge in [-0.15, -0.1) is 10.2 Å². The van der Waals surface area contributed by atoms with Crippen molar-refractivity contribution in [3.05, 3.63) is 34.1 Å². The van der Waals surface area contributed by atoms with E-state index in [-0.39, 0.29) is 6.04 Å². The zero-order valence-corrected chi connectivity index (χ0v) is 11.7. The molecule has 1 aromatic heterocycles. The zero-order valence-electron chi connectivity index (χ0n) is 10.1. The fraction of sp³-hybridized carbons (Fsp3) is 0.364. The Hall–Kier alpha value is -1.47. The van der Waals surface area contributed by atoms with Crippen LogP contribution in [0.1, 0.15) is 24.4 Å². The van der Waals surface area contributed by atoms with E-state index in [0.717, 1.165) is 15.8 Å². The van der Waals surface area contributed by atoms with Gasteiger partial charge >= 0.3 is 0 Å². The number of nitrogens with zero attached hydrogens (tertiary/aromatic N) is 3. The van der Waals surface area contributed by atoms with Crippen LogP contribution < -0.4 is 10.1 Å². The van der Waals surface area contributed by atoms with E-state index in [9.17, 15) is 0 Å². The number of methoxy groups -OCH3 is 1. The van der Waals surface area contributed by atoms with Crippen LogP contribution in [0, 0.1) is 0 Å². The second-order valence-electron chi connectivity index (χ2n) is 3.83. The van der Waals surface area contributed by atoms with Gasteiger partial charge in [-0.1, -0.05) is 21.1 Å². The van der Waals surface area contributed by atoms with E-state index in [1.807, 2.05) is 25.1 Å². The van der Waals surface area contributed by atoms with Gasteiger partial charge in [0.2, 0.25) is 0 Å².